The van der Waals surface area contributed by atoms with Gasteiger partial charge in [-0.05, 0) is 30.7 Å². The largest absolute Gasteiger partial charge is 0.545 e. The highest BCUT2D eigenvalue weighted by atomic mass is 16.6. The van der Waals surface area contributed by atoms with Crippen molar-refractivity contribution in [3.63, 3.8) is 0 Å². The summed E-state index contributed by atoms with van der Waals surface area (Å²) >= 11 is 0. The lowest BCUT2D eigenvalue weighted by molar-refractivity contribution is -0.421. The molecule has 19 heavy (non-hydrogen) atoms. The summed E-state index contributed by atoms with van der Waals surface area (Å²) in [5, 5.41) is 23.6. The number of carbonyl (C=O) groups is 1. The summed E-state index contributed by atoms with van der Waals surface area (Å²) in [6.45, 7) is 2.33. The molecule has 0 aliphatic carbocycles. The van der Waals surface area contributed by atoms with E-state index in [1.807, 2.05) is 0 Å². The first-order chi connectivity index (χ1) is 9.00. The van der Waals surface area contributed by atoms with Crippen molar-refractivity contribution in [3.8, 4) is 0 Å². The number of rotatable bonds is 2. The molecule has 4 N–H and O–H groups in total. The van der Waals surface area contributed by atoms with Crippen LogP contribution in [0.2, 0.25) is 0 Å². The fourth-order valence-corrected chi connectivity index (χ4v) is 1.64. The standard InChI is InChI=1S/C7H5NO4.C5H12N2/c9-7(10)5-1-3-6(4-2-5)8(11)12;6-5-2-1-3-7-4-5/h1-4H,(H,9,10);5,7H,1-4,6H2. The van der Waals surface area contributed by atoms with Crippen molar-refractivity contribution in [2.45, 2.75) is 18.9 Å². The van der Waals surface area contributed by atoms with Crippen LogP contribution in [-0.2, 0) is 0 Å². The van der Waals surface area contributed by atoms with Gasteiger partial charge in [0.05, 0.1) is 16.9 Å². The van der Waals surface area contributed by atoms with E-state index in [4.69, 9.17) is 0 Å². The van der Waals surface area contributed by atoms with Gasteiger partial charge in [0, 0.05) is 25.1 Å². The summed E-state index contributed by atoms with van der Waals surface area (Å²) in [5.41, 5.74) is 3.73. The minimum atomic E-state index is -1.34. The van der Waals surface area contributed by atoms with Gasteiger partial charge in [-0.25, -0.2) is 0 Å². The Kier molecular flexibility index (Phi) is 5.91. The van der Waals surface area contributed by atoms with E-state index in [-0.39, 0.29) is 11.3 Å². The Hall–Kier alpha value is -1.99. The molecule has 1 atom stereocenters. The molecule has 2 rings (SSSR count). The number of benzene rings is 1. The number of quaternary nitrogens is 1. The minimum Gasteiger partial charge on any atom is -0.545 e. The van der Waals surface area contributed by atoms with Gasteiger partial charge in [0.25, 0.3) is 5.69 Å². The number of carbonyl (C=O) groups excluding carboxylic acids is 1. The van der Waals surface area contributed by atoms with Gasteiger partial charge in [-0.15, -0.1) is 0 Å². The quantitative estimate of drug-likeness (QED) is 0.522. The van der Waals surface area contributed by atoms with Crippen LogP contribution in [0.5, 0.6) is 0 Å². The molecule has 0 bridgehead atoms. The third kappa shape index (κ3) is 5.45. The van der Waals surface area contributed by atoms with Crippen molar-refractivity contribution in [2.24, 2.45) is 0 Å². The maximum Gasteiger partial charge on any atom is 0.269 e. The monoisotopic (exact) mass is 267 g/mol. The van der Waals surface area contributed by atoms with Gasteiger partial charge in [0.2, 0.25) is 0 Å². The normalized spacial score (nSPS) is 18.1. The molecule has 104 valence electrons. The van der Waals surface area contributed by atoms with Crippen LogP contribution in [0, 0.1) is 10.1 Å². The van der Waals surface area contributed by atoms with E-state index in [0.29, 0.717) is 6.04 Å². The van der Waals surface area contributed by atoms with E-state index in [0.717, 1.165) is 30.8 Å². The van der Waals surface area contributed by atoms with Crippen LogP contribution in [0.15, 0.2) is 24.3 Å². The number of carboxylic acids is 1. The minimum absolute atomic E-state index is 0.0689. The van der Waals surface area contributed by atoms with E-state index in [9.17, 15) is 20.0 Å². The Bertz CT molecular complexity index is 394. The predicted octanol–water partition coefficient (Wildman–Crippen LogP) is -1.06. The van der Waals surface area contributed by atoms with E-state index >= 15 is 0 Å². The highest BCUT2D eigenvalue weighted by Crippen LogP contribution is 2.10. The van der Waals surface area contributed by atoms with Crippen LogP contribution < -0.4 is 16.2 Å². The first-order valence-corrected chi connectivity index (χ1v) is 6.00. The lowest BCUT2D eigenvalue weighted by Crippen LogP contribution is -2.66. The van der Waals surface area contributed by atoms with Crippen LogP contribution in [0.4, 0.5) is 5.69 Å². The lowest BCUT2D eigenvalue weighted by atomic mass is 10.1. The second-order valence-electron chi connectivity index (χ2n) is 4.30. The fraction of sp³-hybridized carbons (Fsp3) is 0.417. The van der Waals surface area contributed by atoms with Gasteiger partial charge < -0.3 is 21.0 Å². The highest BCUT2D eigenvalue weighted by Gasteiger charge is 2.08. The van der Waals surface area contributed by atoms with E-state index in [2.05, 4.69) is 11.1 Å². The number of hydrogen-bond donors (Lipinski definition) is 2. The Morgan fingerprint density at radius 2 is 2.00 bits per heavy atom. The first kappa shape index (κ1) is 15.1. The fourth-order valence-electron chi connectivity index (χ4n) is 1.64. The second-order valence-corrected chi connectivity index (χ2v) is 4.30. The van der Waals surface area contributed by atoms with Gasteiger partial charge >= 0.3 is 0 Å². The van der Waals surface area contributed by atoms with Crippen molar-refractivity contribution in [1.82, 2.24) is 5.32 Å². The number of nitro groups is 1. The zero-order chi connectivity index (χ0) is 14.3. The summed E-state index contributed by atoms with van der Waals surface area (Å²) in [7, 11) is 0. The third-order valence-electron chi connectivity index (χ3n) is 2.71. The summed E-state index contributed by atoms with van der Waals surface area (Å²) in [6, 6.07) is 5.17. The third-order valence-corrected chi connectivity index (χ3v) is 2.71. The van der Waals surface area contributed by atoms with Gasteiger partial charge in [-0.1, -0.05) is 0 Å². The molecular formula is C12H17N3O4. The Morgan fingerprint density at radius 1 is 1.37 bits per heavy atom. The number of piperidine rings is 1. The molecule has 7 nitrogen and oxygen atoms in total. The number of non-ortho nitro benzene ring substituents is 1. The molecule has 1 heterocycles. The van der Waals surface area contributed by atoms with Gasteiger partial charge in [-0.2, -0.15) is 0 Å². The Balaban J connectivity index is 0.000000218. The summed E-state index contributed by atoms with van der Waals surface area (Å²) < 4.78 is 0. The summed E-state index contributed by atoms with van der Waals surface area (Å²) in [5.74, 6) is -1.34. The average molecular weight is 267 g/mol. The number of nitrogens with one attached hydrogen (secondary N) is 1. The van der Waals surface area contributed by atoms with Crippen molar-refractivity contribution in [2.75, 3.05) is 13.1 Å². The molecule has 1 unspecified atom stereocenters. The molecule has 0 spiro atoms. The maximum atomic E-state index is 10.2. The first-order valence-electron chi connectivity index (χ1n) is 6.00. The zero-order valence-electron chi connectivity index (χ0n) is 10.5. The zero-order valence-corrected chi connectivity index (χ0v) is 10.5. The summed E-state index contributed by atoms with van der Waals surface area (Å²) in [4.78, 5) is 19.7. The predicted molar refractivity (Wildman–Crippen MR) is 66.2 cm³/mol. The molecule has 1 aliphatic heterocycles. The average Bonchev–Trinajstić information content (AvgIpc) is 2.40. The van der Waals surface area contributed by atoms with Crippen molar-refractivity contribution in [1.29, 1.82) is 0 Å². The smallest absolute Gasteiger partial charge is 0.269 e. The van der Waals surface area contributed by atoms with Crippen LogP contribution in [0.3, 0.4) is 0 Å². The number of hydrogen-bond acceptors (Lipinski definition) is 5. The molecule has 1 aliphatic rings. The van der Waals surface area contributed by atoms with Gasteiger partial charge in [0.1, 0.15) is 0 Å². The highest BCUT2D eigenvalue weighted by molar-refractivity contribution is 5.85. The maximum absolute atomic E-state index is 10.2. The molecule has 0 radical (unpaired) electrons. The van der Waals surface area contributed by atoms with E-state index < -0.39 is 10.9 Å². The molecule has 1 aromatic carbocycles. The van der Waals surface area contributed by atoms with Crippen molar-refractivity contribution >= 4 is 11.7 Å². The molecule has 7 heteroatoms. The van der Waals surface area contributed by atoms with E-state index in [1.54, 1.807) is 0 Å². The topological polar surface area (TPSA) is 123 Å². The molecular weight excluding hydrogens is 250 g/mol. The molecule has 0 saturated carbocycles. The van der Waals surface area contributed by atoms with Crippen LogP contribution in [-0.4, -0.2) is 30.0 Å². The molecule has 0 aromatic heterocycles. The van der Waals surface area contributed by atoms with Crippen molar-refractivity contribution < 1.29 is 20.6 Å². The van der Waals surface area contributed by atoms with Crippen LogP contribution >= 0.6 is 0 Å². The van der Waals surface area contributed by atoms with E-state index in [1.165, 1.54) is 19.4 Å². The van der Waals surface area contributed by atoms with Crippen molar-refractivity contribution in [3.05, 3.63) is 39.9 Å². The number of nitrogens with zero attached hydrogens (tertiary/aromatic N) is 1. The number of carboxylic acid groups (broad SMARTS) is 1. The van der Waals surface area contributed by atoms with Gasteiger partial charge in [0.15, 0.2) is 0 Å². The molecule has 0 amide bonds. The Labute approximate surface area is 110 Å². The SMILES string of the molecule is O=C([O-])c1ccc([N+](=O)[O-])cc1.[NH3+]C1CCCNC1. The number of nitro benzene ring substituents is 1. The molecule has 1 fully saturated rings. The second kappa shape index (κ2) is 7.45. The van der Waals surface area contributed by atoms with Gasteiger partial charge in [-0.3, -0.25) is 10.1 Å². The molecule has 1 aromatic rings. The number of aromatic carboxylic acids is 1. The lowest BCUT2D eigenvalue weighted by Gasteiger charge is -2.14. The van der Waals surface area contributed by atoms with Crippen LogP contribution in [0.1, 0.15) is 23.2 Å². The summed E-state index contributed by atoms with van der Waals surface area (Å²) in [6.07, 6.45) is 2.63. The molecule has 1 saturated heterocycles. The van der Waals surface area contributed by atoms with Crippen LogP contribution in [0.25, 0.3) is 0 Å². The Morgan fingerprint density at radius 3 is 2.32 bits per heavy atom.